The van der Waals surface area contributed by atoms with E-state index in [2.05, 4.69) is 10.6 Å². The van der Waals surface area contributed by atoms with Crippen LogP contribution in [0.1, 0.15) is 40.0 Å². The number of ether oxygens (including phenoxy) is 2. The van der Waals surface area contributed by atoms with Gasteiger partial charge in [-0.3, -0.25) is 9.59 Å². The maximum Gasteiger partial charge on any atom is 0.259 e. The molecule has 1 fully saturated rings. The minimum absolute atomic E-state index is 0.0273. The molecule has 1 saturated heterocycles. The van der Waals surface area contributed by atoms with Gasteiger partial charge in [-0.1, -0.05) is 12.1 Å². The van der Waals surface area contributed by atoms with Crippen LogP contribution in [0.3, 0.4) is 0 Å². The molecule has 1 aliphatic rings. The van der Waals surface area contributed by atoms with Crippen molar-refractivity contribution in [3.8, 4) is 5.75 Å². The molecule has 0 spiro atoms. The zero-order valence-corrected chi connectivity index (χ0v) is 19.6. The van der Waals surface area contributed by atoms with E-state index in [9.17, 15) is 18.0 Å². The molecule has 0 radical (unpaired) electrons. The number of sulfonamides is 1. The van der Waals surface area contributed by atoms with Crippen molar-refractivity contribution in [3.05, 3.63) is 53.6 Å². The molecule has 2 aromatic rings. The van der Waals surface area contributed by atoms with E-state index in [-0.39, 0.29) is 22.1 Å². The second-order valence-electron chi connectivity index (χ2n) is 7.58. The van der Waals surface area contributed by atoms with E-state index in [1.807, 2.05) is 0 Å². The van der Waals surface area contributed by atoms with Crippen molar-refractivity contribution in [2.45, 2.75) is 24.2 Å². The van der Waals surface area contributed by atoms with Gasteiger partial charge in [-0.15, -0.1) is 0 Å². The van der Waals surface area contributed by atoms with Crippen molar-refractivity contribution in [2.24, 2.45) is 0 Å². The van der Waals surface area contributed by atoms with Gasteiger partial charge >= 0.3 is 0 Å². The molecule has 0 saturated carbocycles. The van der Waals surface area contributed by atoms with E-state index in [4.69, 9.17) is 9.47 Å². The average Bonchev–Trinajstić information content (AvgIpc) is 3.37. The van der Waals surface area contributed by atoms with Crippen LogP contribution in [0, 0.1) is 0 Å². The summed E-state index contributed by atoms with van der Waals surface area (Å²) in [6.45, 7) is 1.87. The highest BCUT2D eigenvalue weighted by Gasteiger charge is 2.29. The molecule has 2 amide bonds. The number of hydrogen-bond acceptors (Lipinski definition) is 6. The number of carbonyl (C=O) groups is 2. The lowest BCUT2D eigenvalue weighted by molar-refractivity contribution is 0.0949. The first-order valence-corrected chi connectivity index (χ1v) is 12.2. The van der Waals surface area contributed by atoms with E-state index in [0.29, 0.717) is 43.9 Å². The number of amides is 2. The summed E-state index contributed by atoms with van der Waals surface area (Å²) >= 11 is 0. The molecular weight excluding hydrogens is 446 g/mol. The van der Waals surface area contributed by atoms with Crippen molar-refractivity contribution in [3.63, 3.8) is 0 Å². The third kappa shape index (κ3) is 5.89. The summed E-state index contributed by atoms with van der Waals surface area (Å²) in [6, 6.07) is 10.8. The molecule has 0 unspecified atom stereocenters. The predicted molar refractivity (Wildman–Crippen MR) is 124 cm³/mol. The highest BCUT2D eigenvalue weighted by Crippen LogP contribution is 2.27. The Morgan fingerprint density at radius 3 is 2.42 bits per heavy atom. The summed E-state index contributed by atoms with van der Waals surface area (Å²) in [4.78, 5) is 25.7. The molecule has 2 N–H and O–H groups in total. The number of anilines is 1. The van der Waals surface area contributed by atoms with Crippen LogP contribution in [0.25, 0.3) is 0 Å². The van der Waals surface area contributed by atoms with Crippen LogP contribution in [0.15, 0.2) is 47.4 Å². The molecule has 10 heteroatoms. The van der Waals surface area contributed by atoms with Crippen LogP contribution in [0.4, 0.5) is 5.69 Å². The van der Waals surface area contributed by atoms with Crippen LogP contribution in [0.2, 0.25) is 0 Å². The lowest BCUT2D eigenvalue weighted by Gasteiger charge is -2.17. The molecule has 0 atom stereocenters. The van der Waals surface area contributed by atoms with Crippen molar-refractivity contribution >= 4 is 27.5 Å². The number of para-hydroxylation sites is 1. The molecule has 178 valence electrons. The Hall–Kier alpha value is -2.95. The SMILES string of the molecule is COCCCNC(=O)c1ccccc1NC(=O)c1cc(S(=O)(=O)N2CCCC2)ccc1OC. The Morgan fingerprint density at radius 1 is 1.00 bits per heavy atom. The summed E-state index contributed by atoms with van der Waals surface area (Å²) in [5.41, 5.74) is 0.665. The third-order valence-corrected chi connectivity index (χ3v) is 7.24. The van der Waals surface area contributed by atoms with Gasteiger partial charge in [-0.05, 0) is 49.6 Å². The Bertz CT molecular complexity index is 1100. The molecule has 1 heterocycles. The normalized spacial score (nSPS) is 14.1. The van der Waals surface area contributed by atoms with Crippen molar-refractivity contribution < 1.29 is 27.5 Å². The zero-order chi connectivity index (χ0) is 23.8. The summed E-state index contributed by atoms with van der Waals surface area (Å²) in [5, 5.41) is 5.51. The van der Waals surface area contributed by atoms with Crippen LogP contribution >= 0.6 is 0 Å². The zero-order valence-electron chi connectivity index (χ0n) is 18.8. The maximum atomic E-state index is 13.1. The molecule has 0 aliphatic carbocycles. The summed E-state index contributed by atoms with van der Waals surface area (Å²) in [5.74, 6) is -0.682. The number of nitrogens with zero attached hydrogens (tertiary/aromatic N) is 1. The first kappa shape index (κ1) is 24.7. The lowest BCUT2D eigenvalue weighted by Crippen LogP contribution is -2.28. The average molecular weight is 476 g/mol. The van der Waals surface area contributed by atoms with Crippen LogP contribution in [-0.4, -0.2) is 65.0 Å². The van der Waals surface area contributed by atoms with E-state index in [1.165, 1.54) is 29.6 Å². The standard InChI is InChI=1S/C23H29N3O6S/c1-31-15-7-12-24-22(27)18-8-3-4-9-20(18)25-23(28)19-16-17(10-11-21(19)32-2)33(29,30)26-13-5-6-14-26/h3-4,8-11,16H,5-7,12-15H2,1-2H3,(H,24,27)(H,25,28). The van der Waals surface area contributed by atoms with Crippen molar-refractivity contribution in [1.82, 2.24) is 9.62 Å². The van der Waals surface area contributed by atoms with E-state index < -0.39 is 15.9 Å². The minimum Gasteiger partial charge on any atom is -0.496 e. The molecular formula is C23H29N3O6S. The van der Waals surface area contributed by atoms with Gasteiger partial charge in [0, 0.05) is 33.4 Å². The van der Waals surface area contributed by atoms with Gasteiger partial charge in [0.15, 0.2) is 0 Å². The highest BCUT2D eigenvalue weighted by molar-refractivity contribution is 7.89. The number of carbonyl (C=O) groups excluding carboxylic acids is 2. The van der Waals surface area contributed by atoms with Gasteiger partial charge in [-0.2, -0.15) is 4.31 Å². The van der Waals surface area contributed by atoms with Gasteiger partial charge in [0.25, 0.3) is 11.8 Å². The van der Waals surface area contributed by atoms with Gasteiger partial charge in [0.05, 0.1) is 28.8 Å². The number of benzene rings is 2. The first-order chi connectivity index (χ1) is 15.9. The van der Waals surface area contributed by atoms with Gasteiger partial charge in [0.2, 0.25) is 10.0 Å². The summed E-state index contributed by atoms with van der Waals surface area (Å²) in [6.07, 6.45) is 2.28. The fraction of sp³-hybridized carbons (Fsp3) is 0.391. The smallest absolute Gasteiger partial charge is 0.259 e. The monoisotopic (exact) mass is 475 g/mol. The quantitative estimate of drug-likeness (QED) is 0.511. The van der Waals surface area contributed by atoms with Gasteiger partial charge in [0.1, 0.15) is 5.75 Å². The molecule has 0 aromatic heterocycles. The lowest BCUT2D eigenvalue weighted by atomic mass is 10.1. The second kappa shape index (κ2) is 11.3. The maximum absolute atomic E-state index is 13.1. The fourth-order valence-corrected chi connectivity index (χ4v) is 5.14. The number of nitrogens with one attached hydrogen (secondary N) is 2. The summed E-state index contributed by atoms with van der Waals surface area (Å²) in [7, 11) is -0.711. The van der Waals surface area contributed by atoms with E-state index >= 15 is 0 Å². The molecule has 0 bridgehead atoms. The Kier molecular flexibility index (Phi) is 8.43. The molecule has 2 aromatic carbocycles. The van der Waals surface area contributed by atoms with Gasteiger partial charge in [-0.25, -0.2) is 8.42 Å². The predicted octanol–water partition coefficient (Wildman–Crippen LogP) is 2.50. The number of hydrogen-bond donors (Lipinski definition) is 2. The molecule has 1 aliphatic heterocycles. The van der Waals surface area contributed by atoms with Crippen molar-refractivity contribution in [1.29, 1.82) is 0 Å². The van der Waals surface area contributed by atoms with Crippen LogP contribution in [-0.2, 0) is 14.8 Å². The topological polar surface area (TPSA) is 114 Å². The molecule has 3 rings (SSSR count). The van der Waals surface area contributed by atoms with E-state index in [1.54, 1.807) is 31.4 Å². The number of methoxy groups -OCH3 is 2. The van der Waals surface area contributed by atoms with Gasteiger partial charge < -0.3 is 20.1 Å². The highest BCUT2D eigenvalue weighted by atomic mass is 32.2. The third-order valence-electron chi connectivity index (χ3n) is 5.35. The molecule has 9 nitrogen and oxygen atoms in total. The first-order valence-electron chi connectivity index (χ1n) is 10.7. The van der Waals surface area contributed by atoms with Crippen LogP contribution < -0.4 is 15.4 Å². The molecule has 33 heavy (non-hydrogen) atoms. The van der Waals surface area contributed by atoms with E-state index in [0.717, 1.165) is 12.8 Å². The van der Waals surface area contributed by atoms with Crippen LogP contribution in [0.5, 0.6) is 5.75 Å². The second-order valence-corrected chi connectivity index (χ2v) is 9.51. The Morgan fingerprint density at radius 2 is 1.73 bits per heavy atom. The summed E-state index contributed by atoms with van der Waals surface area (Å²) < 4.78 is 37.6. The van der Waals surface area contributed by atoms with Crippen molar-refractivity contribution in [2.75, 3.05) is 45.8 Å². The Labute approximate surface area is 194 Å². The number of rotatable bonds is 10. The minimum atomic E-state index is -3.71. The largest absolute Gasteiger partial charge is 0.496 e. The Balaban J connectivity index is 1.84. The fourth-order valence-electron chi connectivity index (χ4n) is 3.60.